The van der Waals surface area contributed by atoms with Crippen molar-refractivity contribution in [2.24, 2.45) is 0 Å². The Morgan fingerprint density at radius 1 is 1.36 bits per heavy atom. The normalized spacial score (nSPS) is 10.0. The third kappa shape index (κ3) is 1.85. The number of aromatic nitrogens is 1. The first-order chi connectivity index (χ1) is 6.86. The molecule has 2 aromatic rings. The molecule has 0 radical (unpaired) electrons. The number of anilines is 1. The highest BCUT2D eigenvalue weighted by Gasteiger charge is 2.00. The van der Waals surface area contributed by atoms with Crippen molar-refractivity contribution in [3.05, 3.63) is 42.3 Å². The van der Waals surface area contributed by atoms with Crippen LogP contribution >= 0.6 is 0 Å². The quantitative estimate of drug-likeness (QED) is 0.750. The Labute approximate surface area is 81.3 Å². The van der Waals surface area contributed by atoms with Crippen LogP contribution in [-0.4, -0.2) is 5.16 Å². The highest BCUT2D eigenvalue weighted by atomic mass is 16.5. The van der Waals surface area contributed by atoms with Crippen LogP contribution in [0.3, 0.4) is 0 Å². The van der Waals surface area contributed by atoms with Crippen molar-refractivity contribution in [2.45, 2.75) is 6.61 Å². The van der Waals surface area contributed by atoms with Gasteiger partial charge in [-0.25, -0.2) is 0 Å². The van der Waals surface area contributed by atoms with Gasteiger partial charge in [0.15, 0.2) is 0 Å². The Morgan fingerprint density at radius 2 is 2.21 bits per heavy atom. The number of hydrogen-bond donors (Lipinski definition) is 1. The molecule has 4 heteroatoms. The zero-order valence-electron chi connectivity index (χ0n) is 7.51. The predicted octanol–water partition coefficient (Wildman–Crippen LogP) is 1.84. The number of rotatable bonds is 3. The van der Waals surface area contributed by atoms with Crippen molar-refractivity contribution in [1.29, 1.82) is 0 Å². The first-order valence-electron chi connectivity index (χ1n) is 4.22. The summed E-state index contributed by atoms with van der Waals surface area (Å²) < 4.78 is 10.1. The Bertz CT molecular complexity index is 398. The van der Waals surface area contributed by atoms with Crippen LogP contribution in [-0.2, 0) is 6.61 Å². The lowest BCUT2D eigenvalue weighted by atomic mass is 10.3. The van der Waals surface area contributed by atoms with E-state index >= 15 is 0 Å². The fourth-order valence-electron chi connectivity index (χ4n) is 1.07. The van der Waals surface area contributed by atoms with Crippen LogP contribution in [0, 0.1) is 0 Å². The Morgan fingerprint density at radius 3 is 2.93 bits per heavy atom. The SMILES string of the molecule is Nc1ccccc1OCc1cnoc1. The molecule has 1 heterocycles. The van der Waals surface area contributed by atoms with Crippen LogP contribution in [0.4, 0.5) is 5.69 Å². The summed E-state index contributed by atoms with van der Waals surface area (Å²) in [6.07, 6.45) is 3.15. The average Bonchev–Trinajstić information content (AvgIpc) is 2.69. The molecule has 0 amide bonds. The van der Waals surface area contributed by atoms with Gasteiger partial charge in [-0.2, -0.15) is 0 Å². The number of nitrogens with zero attached hydrogens (tertiary/aromatic N) is 1. The number of hydrogen-bond acceptors (Lipinski definition) is 4. The van der Waals surface area contributed by atoms with Gasteiger partial charge < -0.3 is 15.0 Å². The summed E-state index contributed by atoms with van der Waals surface area (Å²) in [4.78, 5) is 0. The molecule has 14 heavy (non-hydrogen) atoms. The summed E-state index contributed by atoms with van der Waals surface area (Å²) in [5, 5.41) is 3.57. The minimum Gasteiger partial charge on any atom is -0.487 e. The van der Waals surface area contributed by atoms with Crippen molar-refractivity contribution in [1.82, 2.24) is 5.16 Å². The maximum atomic E-state index is 5.70. The summed E-state index contributed by atoms with van der Waals surface area (Å²) >= 11 is 0. The molecule has 0 aliphatic heterocycles. The van der Waals surface area contributed by atoms with Crippen LogP contribution in [0.1, 0.15) is 5.56 Å². The van der Waals surface area contributed by atoms with Crippen molar-refractivity contribution in [3.63, 3.8) is 0 Å². The second kappa shape index (κ2) is 3.83. The van der Waals surface area contributed by atoms with Gasteiger partial charge in [0, 0.05) is 5.56 Å². The molecule has 0 aliphatic carbocycles. The van der Waals surface area contributed by atoms with Gasteiger partial charge in [-0.05, 0) is 12.1 Å². The Kier molecular flexibility index (Phi) is 2.36. The highest BCUT2D eigenvalue weighted by molar-refractivity contribution is 5.51. The molecule has 4 nitrogen and oxygen atoms in total. The van der Waals surface area contributed by atoms with E-state index < -0.39 is 0 Å². The largest absolute Gasteiger partial charge is 0.487 e. The number of nitrogens with two attached hydrogens (primary N) is 1. The summed E-state index contributed by atoms with van der Waals surface area (Å²) in [6, 6.07) is 7.35. The van der Waals surface area contributed by atoms with Gasteiger partial charge in [-0.15, -0.1) is 0 Å². The Balaban J connectivity index is 2.02. The minimum atomic E-state index is 0.414. The van der Waals surface area contributed by atoms with Crippen LogP contribution in [0.15, 0.2) is 41.2 Å². The zero-order valence-corrected chi connectivity index (χ0v) is 7.51. The van der Waals surface area contributed by atoms with E-state index in [-0.39, 0.29) is 0 Å². The molecule has 0 bridgehead atoms. The molecule has 0 spiro atoms. The van der Waals surface area contributed by atoms with Gasteiger partial charge in [-0.3, -0.25) is 0 Å². The molecule has 2 rings (SSSR count). The van der Waals surface area contributed by atoms with Gasteiger partial charge in [-0.1, -0.05) is 17.3 Å². The van der Waals surface area contributed by atoms with E-state index in [1.54, 1.807) is 18.5 Å². The van der Waals surface area contributed by atoms with Crippen LogP contribution in [0.2, 0.25) is 0 Å². The molecule has 0 aliphatic rings. The molecular weight excluding hydrogens is 180 g/mol. The summed E-state index contributed by atoms with van der Waals surface area (Å²) in [5.74, 6) is 0.675. The molecule has 1 aromatic heterocycles. The lowest BCUT2D eigenvalue weighted by molar-refractivity contribution is 0.306. The number of para-hydroxylation sites is 2. The average molecular weight is 190 g/mol. The van der Waals surface area contributed by atoms with Crippen molar-refractivity contribution in [3.8, 4) is 5.75 Å². The molecule has 72 valence electrons. The van der Waals surface area contributed by atoms with E-state index in [9.17, 15) is 0 Å². The van der Waals surface area contributed by atoms with Crippen LogP contribution in [0.5, 0.6) is 5.75 Å². The number of ether oxygens (including phenoxy) is 1. The number of nitrogen functional groups attached to an aromatic ring is 1. The van der Waals surface area contributed by atoms with Gasteiger partial charge in [0.1, 0.15) is 18.6 Å². The van der Waals surface area contributed by atoms with Crippen molar-refractivity contribution in [2.75, 3.05) is 5.73 Å². The molecule has 0 saturated heterocycles. The second-order valence-corrected chi connectivity index (χ2v) is 2.86. The lowest BCUT2D eigenvalue weighted by Crippen LogP contribution is -1.97. The first-order valence-corrected chi connectivity index (χ1v) is 4.22. The predicted molar refractivity (Wildman–Crippen MR) is 51.7 cm³/mol. The smallest absolute Gasteiger partial charge is 0.142 e. The van der Waals surface area contributed by atoms with E-state index in [0.717, 1.165) is 5.56 Å². The molecule has 0 unspecified atom stereocenters. The standard InChI is InChI=1S/C10H10N2O2/c11-9-3-1-2-4-10(9)13-6-8-5-12-14-7-8/h1-5,7H,6,11H2. The van der Waals surface area contributed by atoms with Crippen molar-refractivity contribution >= 4 is 5.69 Å². The van der Waals surface area contributed by atoms with Gasteiger partial charge in [0.25, 0.3) is 0 Å². The second-order valence-electron chi connectivity index (χ2n) is 2.86. The van der Waals surface area contributed by atoms with E-state index in [2.05, 4.69) is 9.68 Å². The molecule has 1 aromatic carbocycles. The molecule has 0 fully saturated rings. The Hall–Kier alpha value is -1.97. The van der Waals surface area contributed by atoms with Crippen LogP contribution < -0.4 is 10.5 Å². The van der Waals surface area contributed by atoms with Gasteiger partial charge >= 0.3 is 0 Å². The monoisotopic (exact) mass is 190 g/mol. The minimum absolute atomic E-state index is 0.414. The lowest BCUT2D eigenvalue weighted by Gasteiger charge is -2.06. The van der Waals surface area contributed by atoms with E-state index in [1.807, 2.05) is 18.2 Å². The summed E-state index contributed by atoms with van der Waals surface area (Å²) in [7, 11) is 0. The maximum Gasteiger partial charge on any atom is 0.142 e. The molecule has 0 atom stereocenters. The third-order valence-electron chi connectivity index (χ3n) is 1.80. The fraction of sp³-hybridized carbons (Fsp3) is 0.100. The summed E-state index contributed by atoms with van der Waals surface area (Å²) in [5.41, 5.74) is 7.21. The van der Waals surface area contributed by atoms with Gasteiger partial charge in [0.2, 0.25) is 0 Å². The summed E-state index contributed by atoms with van der Waals surface area (Å²) in [6.45, 7) is 0.414. The topological polar surface area (TPSA) is 61.3 Å². The van der Waals surface area contributed by atoms with E-state index in [1.165, 1.54) is 0 Å². The van der Waals surface area contributed by atoms with E-state index in [0.29, 0.717) is 18.0 Å². The van der Waals surface area contributed by atoms with Crippen molar-refractivity contribution < 1.29 is 9.26 Å². The fourth-order valence-corrected chi connectivity index (χ4v) is 1.07. The first kappa shape index (κ1) is 8.62. The highest BCUT2D eigenvalue weighted by Crippen LogP contribution is 2.20. The van der Waals surface area contributed by atoms with Crippen LogP contribution in [0.25, 0.3) is 0 Å². The zero-order chi connectivity index (χ0) is 9.80. The number of benzene rings is 1. The van der Waals surface area contributed by atoms with E-state index in [4.69, 9.17) is 10.5 Å². The third-order valence-corrected chi connectivity index (χ3v) is 1.80. The molecule has 0 saturated carbocycles. The molecular formula is C10H10N2O2. The van der Waals surface area contributed by atoms with Gasteiger partial charge in [0.05, 0.1) is 11.9 Å². The maximum absolute atomic E-state index is 5.70. The molecule has 2 N–H and O–H groups in total.